The van der Waals surface area contributed by atoms with Crippen molar-refractivity contribution in [1.29, 1.82) is 0 Å². The van der Waals surface area contributed by atoms with Crippen molar-refractivity contribution < 1.29 is 9.90 Å². The largest absolute Gasteiger partial charge is 0.477 e. The number of nitrogens with zero attached hydrogens (tertiary/aromatic N) is 3. The maximum Gasteiger partial charge on any atom is 0.354 e. The fraction of sp³-hybridized carbons (Fsp3) is 0.0909. The SMILES string of the molecule is Cc1cc(C(=O)O)nc(-c2ncc(Cl)cc2Cl)n1. The second-order valence-corrected chi connectivity index (χ2v) is 4.35. The highest BCUT2D eigenvalue weighted by atomic mass is 35.5. The van der Waals surface area contributed by atoms with Crippen LogP contribution >= 0.6 is 23.2 Å². The van der Waals surface area contributed by atoms with Crippen LogP contribution in [-0.4, -0.2) is 26.0 Å². The molecule has 0 unspecified atom stereocenters. The van der Waals surface area contributed by atoms with Gasteiger partial charge in [-0.3, -0.25) is 0 Å². The van der Waals surface area contributed by atoms with Crippen LogP contribution in [0.15, 0.2) is 18.3 Å². The highest BCUT2D eigenvalue weighted by molar-refractivity contribution is 6.35. The number of aromatic carboxylic acids is 1. The Labute approximate surface area is 112 Å². The van der Waals surface area contributed by atoms with Crippen LogP contribution in [0.25, 0.3) is 11.5 Å². The van der Waals surface area contributed by atoms with Gasteiger partial charge in [-0.1, -0.05) is 23.2 Å². The summed E-state index contributed by atoms with van der Waals surface area (Å²) in [4.78, 5) is 22.9. The minimum atomic E-state index is -1.13. The van der Waals surface area contributed by atoms with Crippen LogP contribution in [0.1, 0.15) is 16.2 Å². The van der Waals surface area contributed by atoms with Gasteiger partial charge in [0.2, 0.25) is 0 Å². The molecule has 0 saturated carbocycles. The van der Waals surface area contributed by atoms with Gasteiger partial charge >= 0.3 is 5.97 Å². The standard InChI is InChI=1S/C11H7Cl2N3O2/c1-5-2-8(11(17)18)16-10(15-5)9-7(13)3-6(12)4-14-9/h2-4H,1H3,(H,17,18). The van der Waals surface area contributed by atoms with Gasteiger partial charge in [-0.2, -0.15) is 0 Å². The predicted molar refractivity (Wildman–Crippen MR) is 67.0 cm³/mol. The lowest BCUT2D eigenvalue weighted by molar-refractivity contribution is 0.0690. The molecular formula is C11H7Cl2N3O2. The van der Waals surface area contributed by atoms with Crippen molar-refractivity contribution in [2.45, 2.75) is 6.92 Å². The molecule has 2 aromatic heterocycles. The fourth-order valence-corrected chi connectivity index (χ4v) is 1.83. The molecule has 5 nitrogen and oxygen atoms in total. The lowest BCUT2D eigenvalue weighted by Gasteiger charge is -2.04. The molecule has 2 aromatic rings. The summed E-state index contributed by atoms with van der Waals surface area (Å²) in [5, 5.41) is 9.58. The summed E-state index contributed by atoms with van der Waals surface area (Å²) >= 11 is 11.7. The molecule has 18 heavy (non-hydrogen) atoms. The molecule has 92 valence electrons. The molecule has 0 aliphatic carbocycles. The summed E-state index contributed by atoms with van der Waals surface area (Å²) in [6, 6.07) is 2.87. The van der Waals surface area contributed by atoms with Crippen LogP contribution in [0.2, 0.25) is 10.0 Å². The van der Waals surface area contributed by atoms with Gasteiger partial charge in [-0.15, -0.1) is 0 Å². The summed E-state index contributed by atoms with van der Waals surface area (Å²) in [5.74, 6) is -0.971. The van der Waals surface area contributed by atoms with E-state index in [0.717, 1.165) is 0 Å². The Balaban J connectivity index is 2.60. The summed E-state index contributed by atoms with van der Waals surface area (Å²) in [6.45, 7) is 1.67. The number of pyridine rings is 1. The van der Waals surface area contributed by atoms with Crippen molar-refractivity contribution in [3.63, 3.8) is 0 Å². The number of halogens is 2. The molecule has 0 spiro atoms. The first-order chi connectivity index (χ1) is 8.47. The Kier molecular flexibility index (Phi) is 3.45. The fourth-order valence-electron chi connectivity index (χ4n) is 1.36. The molecule has 0 aliphatic rings. The highest BCUT2D eigenvalue weighted by Crippen LogP contribution is 2.25. The Bertz CT molecular complexity index is 632. The molecule has 1 N–H and O–H groups in total. The van der Waals surface area contributed by atoms with Gasteiger partial charge in [-0.05, 0) is 19.1 Å². The predicted octanol–water partition coefficient (Wildman–Crippen LogP) is 2.85. The minimum Gasteiger partial charge on any atom is -0.477 e. The molecule has 0 aliphatic heterocycles. The molecule has 0 saturated heterocycles. The van der Waals surface area contributed by atoms with Crippen LogP contribution in [0.5, 0.6) is 0 Å². The van der Waals surface area contributed by atoms with E-state index in [4.69, 9.17) is 28.3 Å². The molecular weight excluding hydrogens is 277 g/mol. The van der Waals surface area contributed by atoms with Crippen molar-refractivity contribution >= 4 is 29.2 Å². The van der Waals surface area contributed by atoms with Crippen molar-refractivity contribution in [2.24, 2.45) is 0 Å². The Morgan fingerprint density at radius 3 is 2.61 bits per heavy atom. The number of carbonyl (C=O) groups is 1. The summed E-state index contributed by atoms with van der Waals surface area (Å²) in [5.41, 5.74) is 0.711. The van der Waals surface area contributed by atoms with Gasteiger partial charge in [0.1, 0.15) is 5.69 Å². The maximum absolute atomic E-state index is 10.9. The van der Waals surface area contributed by atoms with Crippen LogP contribution in [0.3, 0.4) is 0 Å². The van der Waals surface area contributed by atoms with Gasteiger partial charge in [0, 0.05) is 11.9 Å². The second-order valence-electron chi connectivity index (χ2n) is 3.51. The van der Waals surface area contributed by atoms with Gasteiger partial charge in [0.15, 0.2) is 11.5 Å². The Morgan fingerprint density at radius 1 is 1.28 bits per heavy atom. The average Bonchev–Trinajstić information content (AvgIpc) is 2.27. The third-order valence-electron chi connectivity index (χ3n) is 2.09. The van der Waals surface area contributed by atoms with E-state index in [1.54, 1.807) is 6.92 Å². The summed E-state index contributed by atoms with van der Waals surface area (Å²) in [7, 11) is 0. The van der Waals surface area contributed by atoms with Crippen LogP contribution < -0.4 is 0 Å². The van der Waals surface area contributed by atoms with E-state index in [1.807, 2.05) is 0 Å². The number of aryl methyl sites for hydroxylation is 1. The van der Waals surface area contributed by atoms with Crippen molar-refractivity contribution in [1.82, 2.24) is 15.0 Å². The summed E-state index contributed by atoms with van der Waals surface area (Å²) in [6.07, 6.45) is 1.40. The normalized spacial score (nSPS) is 10.4. The smallest absolute Gasteiger partial charge is 0.354 e. The van der Waals surface area contributed by atoms with E-state index in [1.165, 1.54) is 18.3 Å². The molecule has 0 aromatic carbocycles. The van der Waals surface area contributed by atoms with Crippen molar-refractivity contribution in [2.75, 3.05) is 0 Å². The molecule has 0 fully saturated rings. The molecule has 0 radical (unpaired) electrons. The van der Waals surface area contributed by atoms with Crippen LogP contribution in [-0.2, 0) is 0 Å². The number of rotatable bonds is 2. The molecule has 7 heteroatoms. The van der Waals surface area contributed by atoms with Crippen molar-refractivity contribution in [3.8, 4) is 11.5 Å². The topological polar surface area (TPSA) is 76.0 Å². The van der Waals surface area contributed by atoms with E-state index >= 15 is 0 Å². The van der Waals surface area contributed by atoms with E-state index in [0.29, 0.717) is 16.4 Å². The van der Waals surface area contributed by atoms with E-state index in [9.17, 15) is 4.79 Å². The van der Waals surface area contributed by atoms with Crippen molar-refractivity contribution in [3.05, 3.63) is 39.8 Å². The Hall–Kier alpha value is -1.72. The number of aromatic nitrogens is 3. The number of hydrogen-bond donors (Lipinski definition) is 1. The zero-order valence-electron chi connectivity index (χ0n) is 9.19. The van der Waals surface area contributed by atoms with Gasteiger partial charge < -0.3 is 5.11 Å². The molecule has 2 heterocycles. The molecule has 0 atom stereocenters. The lowest BCUT2D eigenvalue weighted by Crippen LogP contribution is -2.05. The highest BCUT2D eigenvalue weighted by Gasteiger charge is 2.13. The van der Waals surface area contributed by atoms with E-state index < -0.39 is 5.97 Å². The van der Waals surface area contributed by atoms with Gasteiger partial charge in [0.05, 0.1) is 10.0 Å². The maximum atomic E-state index is 10.9. The average molecular weight is 284 g/mol. The Morgan fingerprint density at radius 2 is 2.00 bits per heavy atom. The number of carboxylic acid groups (broad SMARTS) is 1. The zero-order valence-corrected chi connectivity index (χ0v) is 10.7. The van der Waals surface area contributed by atoms with E-state index in [2.05, 4.69) is 15.0 Å². The first kappa shape index (κ1) is 12.7. The number of carboxylic acids is 1. The third-order valence-corrected chi connectivity index (χ3v) is 2.59. The van der Waals surface area contributed by atoms with Gasteiger partial charge in [0.25, 0.3) is 0 Å². The molecule has 0 amide bonds. The summed E-state index contributed by atoms with van der Waals surface area (Å²) < 4.78 is 0. The van der Waals surface area contributed by atoms with Crippen LogP contribution in [0.4, 0.5) is 0 Å². The van der Waals surface area contributed by atoms with Crippen LogP contribution in [0, 0.1) is 6.92 Å². The number of hydrogen-bond acceptors (Lipinski definition) is 4. The zero-order chi connectivity index (χ0) is 13.3. The lowest BCUT2D eigenvalue weighted by atomic mass is 10.3. The minimum absolute atomic E-state index is 0.106. The quantitative estimate of drug-likeness (QED) is 0.917. The second kappa shape index (κ2) is 4.88. The monoisotopic (exact) mass is 283 g/mol. The first-order valence-corrected chi connectivity index (χ1v) is 5.63. The third kappa shape index (κ3) is 2.57. The molecule has 2 rings (SSSR count). The first-order valence-electron chi connectivity index (χ1n) is 4.88. The van der Waals surface area contributed by atoms with E-state index in [-0.39, 0.29) is 16.5 Å². The molecule has 0 bridgehead atoms. The van der Waals surface area contributed by atoms with Gasteiger partial charge in [-0.25, -0.2) is 19.7 Å².